The van der Waals surface area contributed by atoms with Gasteiger partial charge in [-0.15, -0.1) is 5.10 Å². The lowest BCUT2D eigenvalue weighted by Crippen LogP contribution is -2.41. The van der Waals surface area contributed by atoms with Crippen LogP contribution in [0.5, 0.6) is 5.75 Å². The van der Waals surface area contributed by atoms with Gasteiger partial charge in [-0.1, -0.05) is 11.3 Å². The first-order valence-corrected chi connectivity index (χ1v) is 10.4. The highest BCUT2D eigenvalue weighted by Gasteiger charge is 2.27. The molecule has 2 heterocycles. The van der Waals surface area contributed by atoms with E-state index in [9.17, 15) is 14.0 Å². The molecule has 0 saturated carbocycles. The third-order valence-electron chi connectivity index (χ3n) is 5.26. The molecule has 0 spiro atoms. The summed E-state index contributed by atoms with van der Waals surface area (Å²) in [5, 5.41) is 7.90. The maximum absolute atomic E-state index is 13.3. The Bertz CT molecular complexity index is 868. The molecule has 1 saturated heterocycles. The molecular formula is C21H28FN5O3. The van der Waals surface area contributed by atoms with Crippen LogP contribution in [0.1, 0.15) is 37.2 Å². The van der Waals surface area contributed by atoms with Crippen molar-refractivity contribution in [2.45, 2.75) is 33.2 Å². The van der Waals surface area contributed by atoms with E-state index in [1.54, 1.807) is 21.9 Å². The van der Waals surface area contributed by atoms with Crippen LogP contribution in [0.2, 0.25) is 0 Å². The molecule has 0 radical (unpaired) electrons. The number of halogens is 1. The molecule has 30 heavy (non-hydrogen) atoms. The average molecular weight is 417 g/mol. The lowest BCUT2D eigenvalue weighted by molar-refractivity contribution is -0.131. The van der Waals surface area contributed by atoms with Gasteiger partial charge in [0.05, 0.1) is 12.8 Å². The van der Waals surface area contributed by atoms with Crippen molar-refractivity contribution in [2.75, 3.05) is 32.8 Å². The molecule has 1 aliphatic heterocycles. The van der Waals surface area contributed by atoms with E-state index in [1.165, 1.54) is 23.0 Å². The van der Waals surface area contributed by atoms with Gasteiger partial charge in [0.1, 0.15) is 18.1 Å². The van der Waals surface area contributed by atoms with Crippen molar-refractivity contribution in [1.82, 2.24) is 24.8 Å². The molecule has 2 amide bonds. The van der Waals surface area contributed by atoms with Crippen LogP contribution < -0.4 is 4.74 Å². The third kappa shape index (κ3) is 5.55. The number of amides is 2. The first-order chi connectivity index (χ1) is 14.5. The second kappa shape index (κ2) is 10.2. The smallest absolute Gasteiger partial charge is 0.276 e. The largest absolute Gasteiger partial charge is 0.493 e. The summed E-state index contributed by atoms with van der Waals surface area (Å²) in [6.07, 6.45) is 3.32. The zero-order valence-corrected chi connectivity index (χ0v) is 17.5. The summed E-state index contributed by atoms with van der Waals surface area (Å²) in [4.78, 5) is 28.5. The molecule has 0 bridgehead atoms. The van der Waals surface area contributed by atoms with Crippen molar-refractivity contribution in [3.8, 4) is 5.75 Å². The number of likely N-dealkylation sites (N-methyl/N-ethyl adjacent to an activating group) is 1. The van der Waals surface area contributed by atoms with Crippen molar-refractivity contribution >= 4 is 11.8 Å². The van der Waals surface area contributed by atoms with Crippen molar-refractivity contribution < 1.29 is 18.7 Å². The number of carbonyl (C=O) groups excluding carboxylic acids is 2. The van der Waals surface area contributed by atoms with Gasteiger partial charge in [-0.2, -0.15) is 0 Å². The van der Waals surface area contributed by atoms with Crippen LogP contribution in [0.25, 0.3) is 0 Å². The molecule has 9 heteroatoms. The van der Waals surface area contributed by atoms with Gasteiger partial charge in [-0.05, 0) is 38.8 Å². The molecule has 2 aromatic rings. The molecule has 1 atom stereocenters. The maximum Gasteiger partial charge on any atom is 0.276 e. The molecule has 1 aliphatic rings. The molecule has 162 valence electrons. The monoisotopic (exact) mass is 417 g/mol. The Kier molecular flexibility index (Phi) is 7.37. The Balaban J connectivity index is 1.55. The number of ether oxygens (including phenoxy) is 1. The van der Waals surface area contributed by atoms with Crippen LogP contribution in [-0.4, -0.2) is 69.4 Å². The summed E-state index contributed by atoms with van der Waals surface area (Å²) < 4.78 is 20.4. The summed E-state index contributed by atoms with van der Waals surface area (Å²) >= 11 is 0. The lowest BCUT2D eigenvalue weighted by Gasteiger charge is -2.32. The number of likely N-dealkylation sites (tertiary alicyclic amines) is 1. The summed E-state index contributed by atoms with van der Waals surface area (Å²) in [5.41, 5.74) is 0.231. The van der Waals surface area contributed by atoms with E-state index in [0.29, 0.717) is 38.5 Å². The molecule has 1 unspecified atom stereocenters. The van der Waals surface area contributed by atoms with E-state index in [-0.39, 0.29) is 35.8 Å². The van der Waals surface area contributed by atoms with Gasteiger partial charge in [0, 0.05) is 38.2 Å². The Labute approximate surface area is 175 Å². The summed E-state index contributed by atoms with van der Waals surface area (Å²) in [6.45, 7) is 6.75. The third-order valence-corrected chi connectivity index (χ3v) is 5.26. The van der Waals surface area contributed by atoms with Gasteiger partial charge >= 0.3 is 0 Å². The fraction of sp³-hybridized carbons (Fsp3) is 0.524. The molecule has 1 aromatic heterocycles. The van der Waals surface area contributed by atoms with Gasteiger partial charge in [0.25, 0.3) is 5.91 Å². The number of nitrogens with zero attached hydrogens (tertiary/aromatic N) is 5. The highest BCUT2D eigenvalue weighted by molar-refractivity contribution is 5.92. The van der Waals surface area contributed by atoms with Crippen molar-refractivity contribution in [2.24, 2.45) is 5.92 Å². The minimum absolute atomic E-state index is 0.0589. The average Bonchev–Trinajstić information content (AvgIpc) is 3.21. The van der Waals surface area contributed by atoms with Crippen molar-refractivity contribution in [3.63, 3.8) is 0 Å². The Hall–Kier alpha value is -2.97. The van der Waals surface area contributed by atoms with Gasteiger partial charge in [-0.25, -0.2) is 9.07 Å². The van der Waals surface area contributed by atoms with Crippen LogP contribution in [0.4, 0.5) is 4.39 Å². The van der Waals surface area contributed by atoms with Crippen LogP contribution in [-0.2, 0) is 11.3 Å². The molecule has 8 nitrogen and oxygen atoms in total. The summed E-state index contributed by atoms with van der Waals surface area (Å²) in [5.74, 6) is 0.0449. The number of hydrogen-bond donors (Lipinski definition) is 0. The fourth-order valence-electron chi connectivity index (χ4n) is 3.61. The summed E-state index contributed by atoms with van der Waals surface area (Å²) in [6, 6.07) is 6.04. The van der Waals surface area contributed by atoms with Gasteiger partial charge in [-0.3, -0.25) is 9.59 Å². The predicted molar refractivity (Wildman–Crippen MR) is 108 cm³/mol. The molecule has 0 aliphatic carbocycles. The first-order valence-electron chi connectivity index (χ1n) is 10.4. The van der Waals surface area contributed by atoms with Gasteiger partial charge in [0.15, 0.2) is 5.69 Å². The van der Waals surface area contributed by atoms with Gasteiger partial charge in [0.2, 0.25) is 5.91 Å². The van der Waals surface area contributed by atoms with Crippen molar-refractivity contribution in [3.05, 3.63) is 42.0 Å². The predicted octanol–water partition coefficient (Wildman–Crippen LogP) is 2.22. The molecule has 0 N–H and O–H groups in total. The molecule has 3 rings (SSSR count). The number of aromatic nitrogens is 3. The molecule has 1 aromatic carbocycles. The number of hydrogen-bond acceptors (Lipinski definition) is 5. The molecular weight excluding hydrogens is 389 g/mol. The van der Waals surface area contributed by atoms with Crippen LogP contribution in [0.15, 0.2) is 30.5 Å². The van der Waals surface area contributed by atoms with Crippen molar-refractivity contribution in [1.29, 1.82) is 0 Å². The number of piperidine rings is 1. The minimum Gasteiger partial charge on any atom is -0.493 e. The van der Waals surface area contributed by atoms with E-state index in [0.717, 1.165) is 12.8 Å². The van der Waals surface area contributed by atoms with Gasteiger partial charge < -0.3 is 14.5 Å². The van der Waals surface area contributed by atoms with E-state index in [2.05, 4.69) is 10.3 Å². The Morgan fingerprint density at radius 2 is 2.10 bits per heavy atom. The topological polar surface area (TPSA) is 80.6 Å². The minimum atomic E-state index is -0.337. The van der Waals surface area contributed by atoms with E-state index in [4.69, 9.17) is 4.74 Å². The number of carbonyl (C=O) groups is 2. The zero-order chi connectivity index (χ0) is 21.5. The Morgan fingerprint density at radius 3 is 2.83 bits per heavy atom. The zero-order valence-electron chi connectivity index (χ0n) is 17.5. The van der Waals surface area contributed by atoms with E-state index >= 15 is 0 Å². The van der Waals surface area contributed by atoms with Crippen LogP contribution >= 0.6 is 0 Å². The van der Waals surface area contributed by atoms with E-state index < -0.39 is 0 Å². The second-order valence-electron chi connectivity index (χ2n) is 7.40. The standard InChI is InChI=1S/C21H28FN5O3/c1-3-25(4-2)20(28)14-27-13-19(23-24-27)21(29)26-10-6-7-16(12-26)15-30-18-9-5-8-17(22)11-18/h5,8-9,11,13,16H,3-4,6-7,10,12,14-15H2,1-2H3. The highest BCUT2D eigenvalue weighted by Crippen LogP contribution is 2.20. The quantitative estimate of drug-likeness (QED) is 0.658. The Morgan fingerprint density at radius 1 is 1.30 bits per heavy atom. The maximum atomic E-state index is 13.3. The lowest BCUT2D eigenvalue weighted by atomic mass is 9.98. The van der Waals surface area contributed by atoms with Crippen LogP contribution in [0.3, 0.4) is 0 Å². The van der Waals surface area contributed by atoms with Crippen LogP contribution in [0, 0.1) is 11.7 Å². The number of benzene rings is 1. The summed E-state index contributed by atoms with van der Waals surface area (Å²) in [7, 11) is 0. The number of rotatable bonds is 8. The molecule has 1 fully saturated rings. The second-order valence-corrected chi connectivity index (χ2v) is 7.40. The fourth-order valence-corrected chi connectivity index (χ4v) is 3.61. The SMILES string of the molecule is CCN(CC)C(=O)Cn1cc(C(=O)N2CCCC(COc3cccc(F)c3)C2)nn1. The van der Waals surface area contributed by atoms with E-state index in [1.807, 2.05) is 13.8 Å². The first kappa shape index (κ1) is 21.7. The normalized spacial score (nSPS) is 16.4. The highest BCUT2D eigenvalue weighted by atomic mass is 19.1.